The molecule has 15 heavy (non-hydrogen) atoms. The fourth-order valence-corrected chi connectivity index (χ4v) is 18.3. The van der Waals surface area contributed by atoms with Crippen LogP contribution in [0.5, 0.6) is 0 Å². The van der Waals surface area contributed by atoms with E-state index in [1.807, 2.05) is 0 Å². The predicted octanol–water partition coefficient (Wildman–Crippen LogP) is 3.54. The molecule has 0 spiro atoms. The summed E-state index contributed by atoms with van der Waals surface area (Å²) in [6, 6.07) is 2.71. The maximum absolute atomic E-state index is 6.53. The third kappa shape index (κ3) is 8.62. The van der Waals surface area contributed by atoms with Crippen molar-refractivity contribution in [1.29, 1.82) is 0 Å². The van der Waals surface area contributed by atoms with E-state index >= 15 is 0 Å². The van der Waals surface area contributed by atoms with Crippen LogP contribution in [-0.2, 0) is 4.12 Å². The molecule has 0 atom stereocenters. The maximum Gasteiger partial charge on any atom is 0.170 e. The van der Waals surface area contributed by atoms with Gasteiger partial charge < -0.3 is 4.12 Å². The van der Waals surface area contributed by atoms with Gasteiger partial charge in [0.25, 0.3) is 0 Å². The van der Waals surface area contributed by atoms with Gasteiger partial charge in [-0.15, -0.1) is 0 Å². The molecule has 0 N–H and O–H groups in total. The first-order chi connectivity index (χ1) is 6.83. The highest BCUT2D eigenvalue weighted by Crippen LogP contribution is 2.18. The summed E-state index contributed by atoms with van der Waals surface area (Å²) < 4.78 is 6.53. The number of hydrogen-bond acceptors (Lipinski definition) is 1. The first-order valence-corrected chi connectivity index (χ1v) is 15.6. The minimum absolute atomic E-state index is 1.09. The standard InChI is InChI=1S/C10H26OSi4/c1-7-9-13-15(5,6)11-14(3,4)10-12-8-2/h7-10H2,1-6H3. The Kier molecular flexibility index (Phi) is 7.61. The first-order valence-electron chi connectivity index (χ1n) is 5.99. The summed E-state index contributed by atoms with van der Waals surface area (Å²) in [5.74, 6) is 0. The highest BCUT2D eigenvalue weighted by atomic mass is 29.2. The highest BCUT2D eigenvalue weighted by Gasteiger charge is 2.32. The van der Waals surface area contributed by atoms with Crippen molar-refractivity contribution in [3.05, 3.63) is 0 Å². The molecule has 0 saturated carbocycles. The van der Waals surface area contributed by atoms with E-state index in [1.165, 1.54) is 24.2 Å². The first kappa shape index (κ1) is 15.8. The molecule has 0 unspecified atom stereocenters. The smallest absolute Gasteiger partial charge is 0.170 e. The van der Waals surface area contributed by atoms with Crippen molar-refractivity contribution in [2.24, 2.45) is 0 Å². The Bertz CT molecular complexity index is 153. The average molecular weight is 275 g/mol. The molecule has 4 radical (unpaired) electrons. The normalized spacial score (nSPS) is 13.2. The SMILES string of the molecule is CCC[Si][Si](C)(C)O[Si](C)(C)C[Si]CC. The topological polar surface area (TPSA) is 9.23 Å². The van der Waals surface area contributed by atoms with Gasteiger partial charge in [0.05, 0.1) is 9.04 Å². The molecule has 1 nitrogen and oxygen atoms in total. The van der Waals surface area contributed by atoms with Gasteiger partial charge in [-0.1, -0.05) is 32.4 Å². The Balaban J connectivity index is 4.04. The van der Waals surface area contributed by atoms with Crippen LogP contribution >= 0.6 is 0 Å². The molecule has 0 amide bonds. The van der Waals surface area contributed by atoms with Crippen LogP contribution in [0.3, 0.4) is 0 Å². The van der Waals surface area contributed by atoms with Gasteiger partial charge in [-0.05, 0) is 31.9 Å². The quantitative estimate of drug-likeness (QED) is 0.615. The second kappa shape index (κ2) is 7.21. The fraction of sp³-hybridized carbons (Fsp3) is 1.00. The van der Waals surface area contributed by atoms with Gasteiger partial charge in [0.2, 0.25) is 0 Å². The summed E-state index contributed by atoms with van der Waals surface area (Å²) >= 11 is 0. The van der Waals surface area contributed by atoms with E-state index in [1.54, 1.807) is 0 Å². The van der Waals surface area contributed by atoms with E-state index in [2.05, 4.69) is 40.0 Å². The zero-order valence-corrected chi connectivity index (χ0v) is 15.2. The van der Waals surface area contributed by atoms with Crippen molar-refractivity contribution in [3.8, 4) is 0 Å². The van der Waals surface area contributed by atoms with E-state index in [0.717, 1.165) is 18.6 Å². The molecule has 5 heteroatoms. The molecule has 0 aromatic carbocycles. The zero-order valence-electron chi connectivity index (χ0n) is 11.2. The summed E-state index contributed by atoms with van der Waals surface area (Å²) in [4.78, 5) is 0. The van der Waals surface area contributed by atoms with Gasteiger partial charge in [0.15, 0.2) is 16.2 Å². The monoisotopic (exact) mass is 274 g/mol. The minimum atomic E-state index is -1.33. The van der Waals surface area contributed by atoms with Crippen molar-refractivity contribution in [3.63, 3.8) is 0 Å². The summed E-state index contributed by atoms with van der Waals surface area (Å²) in [7, 11) is -0.436. The van der Waals surface area contributed by atoms with Gasteiger partial charge in [-0.3, -0.25) is 0 Å². The molecule has 0 heterocycles. The Hall–Kier alpha value is 0.828. The van der Waals surface area contributed by atoms with E-state index in [0.29, 0.717) is 0 Å². The maximum atomic E-state index is 6.53. The van der Waals surface area contributed by atoms with Crippen molar-refractivity contribution in [2.45, 2.75) is 64.2 Å². The third-order valence-electron chi connectivity index (χ3n) is 2.13. The van der Waals surface area contributed by atoms with Crippen LogP contribution in [-0.4, -0.2) is 34.7 Å². The van der Waals surface area contributed by atoms with Crippen LogP contribution in [0.15, 0.2) is 0 Å². The second-order valence-corrected chi connectivity index (χ2v) is 20.6. The lowest BCUT2D eigenvalue weighted by atomic mass is 10.6. The molecule has 0 rings (SSSR count). The Morgan fingerprint density at radius 2 is 1.67 bits per heavy atom. The van der Waals surface area contributed by atoms with Gasteiger partial charge >= 0.3 is 0 Å². The van der Waals surface area contributed by atoms with E-state index in [9.17, 15) is 0 Å². The van der Waals surface area contributed by atoms with Gasteiger partial charge in [-0.2, -0.15) is 0 Å². The van der Waals surface area contributed by atoms with E-state index < -0.39 is 16.2 Å². The molecule has 0 bridgehead atoms. The summed E-state index contributed by atoms with van der Waals surface area (Å²) in [6.45, 7) is 14.2. The largest absolute Gasteiger partial charge is 0.458 e. The Labute approximate surface area is 103 Å². The van der Waals surface area contributed by atoms with Crippen molar-refractivity contribution in [1.82, 2.24) is 0 Å². The fourth-order valence-electron chi connectivity index (χ4n) is 1.61. The summed E-state index contributed by atoms with van der Waals surface area (Å²) in [5, 5.41) is 0. The third-order valence-corrected chi connectivity index (χ3v) is 17.1. The molecule has 0 aromatic heterocycles. The van der Waals surface area contributed by atoms with Crippen LogP contribution in [0.4, 0.5) is 0 Å². The molecule has 0 aliphatic rings. The lowest BCUT2D eigenvalue weighted by molar-refractivity contribution is 0.569. The molecule has 0 fully saturated rings. The molecule has 0 aliphatic carbocycles. The lowest BCUT2D eigenvalue weighted by Crippen LogP contribution is -2.49. The lowest BCUT2D eigenvalue weighted by Gasteiger charge is -2.34. The van der Waals surface area contributed by atoms with Gasteiger partial charge in [0.1, 0.15) is 0 Å². The van der Waals surface area contributed by atoms with Crippen molar-refractivity contribution in [2.75, 3.05) is 0 Å². The molecular formula is C10H26OSi4. The number of rotatable bonds is 8. The molecule has 0 aliphatic heterocycles. The minimum Gasteiger partial charge on any atom is -0.458 e. The van der Waals surface area contributed by atoms with Crippen molar-refractivity contribution < 1.29 is 4.12 Å². The predicted molar refractivity (Wildman–Crippen MR) is 77.9 cm³/mol. The second-order valence-electron chi connectivity index (χ2n) is 5.08. The van der Waals surface area contributed by atoms with Crippen LogP contribution in [0.25, 0.3) is 0 Å². The molecule has 0 aromatic rings. The Morgan fingerprint density at radius 1 is 1.07 bits per heavy atom. The zero-order chi connectivity index (χ0) is 11.9. The van der Waals surface area contributed by atoms with Crippen LogP contribution < -0.4 is 0 Å². The molecule has 0 saturated heterocycles. The van der Waals surface area contributed by atoms with Gasteiger partial charge in [-0.25, -0.2) is 0 Å². The van der Waals surface area contributed by atoms with E-state index in [4.69, 9.17) is 4.12 Å². The van der Waals surface area contributed by atoms with E-state index in [-0.39, 0.29) is 0 Å². The average Bonchev–Trinajstić information content (AvgIpc) is 2.10. The molecular weight excluding hydrogens is 248 g/mol. The highest BCUT2D eigenvalue weighted by molar-refractivity contribution is 7.22. The van der Waals surface area contributed by atoms with Gasteiger partial charge in [0, 0.05) is 9.52 Å². The molecule has 88 valence electrons. The van der Waals surface area contributed by atoms with Crippen molar-refractivity contribution >= 4 is 34.7 Å². The number of hydrogen-bond donors (Lipinski definition) is 0. The van der Waals surface area contributed by atoms with Crippen LogP contribution in [0.2, 0.25) is 43.9 Å². The Morgan fingerprint density at radius 3 is 2.13 bits per heavy atom. The van der Waals surface area contributed by atoms with Crippen LogP contribution in [0, 0.1) is 0 Å². The summed E-state index contributed by atoms with van der Waals surface area (Å²) in [6.07, 6.45) is 1.32. The van der Waals surface area contributed by atoms with Crippen LogP contribution in [0.1, 0.15) is 20.3 Å². The summed E-state index contributed by atoms with van der Waals surface area (Å²) in [5.41, 5.74) is 1.37.